The molecule has 3 aliphatic rings. The number of halogens is 2. The number of likely N-dealkylation sites (tertiary alicyclic amines) is 1. The molecule has 0 saturated carbocycles. The van der Waals surface area contributed by atoms with Crippen molar-refractivity contribution >= 4 is 36.2 Å². The van der Waals surface area contributed by atoms with Crippen LogP contribution in [0, 0.1) is 0 Å². The second-order valence-corrected chi connectivity index (χ2v) is 15.8. The predicted octanol–water partition coefficient (Wildman–Crippen LogP) is 5.29. The number of benzene rings is 3. The summed E-state index contributed by atoms with van der Waals surface area (Å²) in [5.74, 6) is -1.12. The SMILES string of the molecule is O=C(NC(CC1=CCN(Cc2ccccc2)CC1)C(=O)N1CCCC1C(=O)N1CCc2ccccc2C1)c1cc2cc(C(F)(F)P(=O)(O)O)ccc2[nH]1. The minimum atomic E-state index is -5.80. The molecule has 3 amide bonds. The summed E-state index contributed by atoms with van der Waals surface area (Å²) in [6.45, 7) is 3.62. The molecule has 1 fully saturated rings. The summed E-state index contributed by atoms with van der Waals surface area (Å²) in [4.78, 5) is 69.2. The van der Waals surface area contributed by atoms with Gasteiger partial charge in [0.1, 0.15) is 17.8 Å². The number of fused-ring (bicyclic) bond motifs is 2. The largest absolute Gasteiger partial charge is 0.399 e. The van der Waals surface area contributed by atoms with Crippen LogP contribution in [-0.4, -0.2) is 85.5 Å². The Hall–Kier alpha value is -4.68. The first-order valence-corrected chi connectivity index (χ1v) is 19.5. The number of hydrogen-bond donors (Lipinski definition) is 4. The van der Waals surface area contributed by atoms with Crippen LogP contribution in [0.5, 0.6) is 0 Å². The fourth-order valence-corrected chi connectivity index (χ4v) is 8.09. The van der Waals surface area contributed by atoms with E-state index in [1.807, 2.05) is 41.3 Å². The number of hydrogen-bond acceptors (Lipinski definition) is 5. The van der Waals surface area contributed by atoms with E-state index < -0.39 is 36.8 Å². The Labute approximate surface area is 305 Å². The molecule has 7 rings (SSSR count). The summed E-state index contributed by atoms with van der Waals surface area (Å²) in [6.07, 6.45) is 4.90. The first-order chi connectivity index (χ1) is 25.4. The van der Waals surface area contributed by atoms with Crippen molar-refractivity contribution in [3.8, 4) is 0 Å². The average Bonchev–Trinajstić information content (AvgIpc) is 3.82. The molecule has 278 valence electrons. The predicted molar refractivity (Wildman–Crippen MR) is 195 cm³/mol. The van der Waals surface area contributed by atoms with Crippen LogP contribution in [0.15, 0.2) is 90.5 Å². The summed E-state index contributed by atoms with van der Waals surface area (Å²) in [5, 5.41) is 3.02. The molecule has 3 aliphatic heterocycles. The van der Waals surface area contributed by atoms with Crippen molar-refractivity contribution in [2.24, 2.45) is 0 Å². The zero-order chi connectivity index (χ0) is 37.3. The molecule has 14 heteroatoms. The highest BCUT2D eigenvalue weighted by molar-refractivity contribution is 7.52. The number of nitrogens with zero attached hydrogens (tertiary/aromatic N) is 3. The summed E-state index contributed by atoms with van der Waals surface area (Å²) >= 11 is 0. The van der Waals surface area contributed by atoms with Gasteiger partial charge in [0, 0.05) is 55.7 Å². The number of aromatic nitrogens is 1. The van der Waals surface area contributed by atoms with Crippen LogP contribution in [0.1, 0.15) is 58.4 Å². The van der Waals surface area contributed by atoms with Gasteiger partial charge in [-0.25, -0.2) is 0 Å². The second-order valence-electron chi connectivity index (χ2n) is 14.1. The molecule has 2 unspecified atom stereocenters. The number of alkyl halides is 2. The zero-order valence-electron chi connectivity index (χ0n) is 29.1. The highest BCUT2D eigenvalue weighted by atomic mass is 31.2. The molecule has 4 aromatic rings. The van der Waals surface area contributed by atoms with Crippen LogP contribution in [0.2, 0.25) is 0 Å². The van der Waals surface area contributed by atoms with Crippen LogP contribution in [-0.2, 0) is 39.3 Å². The quantitative estimate of drug-likeness (QED) is 0.128. The number of aromatic amines is 1. The van der Waals surface area contributed by atoms with Gasteiger partial charge >= 0.3 is 13.3 Å². The fraction of sp³-hybridized carbons (Fsp3) is 0.359. The van der Waals surface area contributed by atoms with Crippen molar-refractivity contribution in [2.75, 3.05) is 26.2 Å². The topological polar surface area (TPSA) is 146 Å². The molecule has 53 heavy (non-hydrogen) atoms. The lowest BCUT2D eigenvalue weighted by atomic mass is 9.97. The Bertz CT molecular complexity index is 2100. The van der Waals surface area contributed by atoms with Gasteiger partial charge in [-0.3, -0.25) is 23.8 Å². The van der Waals surface area contributed by atoms with Gasteiger partial charge in [0.05, 0.1) is 0 Å². The molecule has 1 aromatic heterocycles. The lowest BCUT2D eigenvalue weighted by Crippen LogP contribution is -2.54. The summed E-state index contributed by atoms with van der Waals surface area (Å²) in [6, 6.07) is 20.9. The van der Waals surface area contributed by atoms with Crippen LogP contribution in [0.3, 0.4) is 0 Å². The van der Waals surface area contributed by atoms with Gasteiger partial charge in [-0.15, -0.1) is 0 Å². The lowest BCUT2D eigenvalue weighted by molar-refractivity contribution is -0.145. The van der Waals surface area contributed by atoms with Crippen molar-refractivity contribution < 1.29 is 37.5 Å². The first kappa shape index (κ1) is 36.7. The number of carbonyl (C=O) groups is 3. The summed E-state index contributed by atoms with van der Waals surface area (Å²) < 4.78 is 40.4. The molecular formula is C39H42F2N5O6P. The Morgan fingerprint density at radius 2 is 1.70 bits per heavy atom. The van der Waals surface area contributed by atoms with E-state index in [2.05, 4.69) is 39.5 Å². The van der Waals surface area contributed by atoms with Gasteiger partial charge in [0.15, 0.2) is 0 Å². The number of nitrogens with one attached hydrogen (secondary N) is 2. The maximum Gasteiger partial charge on any atom is 0.399 e. The average molecular weight is 746 g/mol. The molecular weight excluding hydrogens is 703 g/mol. The van der Waals surface area contributed by atoms with Crippen LogP contribution < -0.4 is 5.32 Å². The third kappa shape index (κ3) is 7.84. The monoisotopic (exact) mass is 745 g/mol. The van der Waals surface area contributed by atoms with Crippen molar-refractivity contribution in [1.29, 1.82) is 0 Å². The normalized spacial score (nSPS) is 18.8. The number of amides is 3. The molecule has 4 N–H and O–H groups in total. The fourth-order valence-electron chi connectivity index (χ4n) is 7.61. The van der Waals surface area contributed by atoms with Gasteiger partial charge in [0.25, 0.3) is 5.91 Å². The number of H-pyrrole nitrogens is 1. The van der Waals surface area contributed by atoms with E-state index in [9.17, 15) is 37.5 Å². The maximum absolute atomic E-state index is 14.5. The van der Waals surface area contributed by atoms with Crippen LogP contribution in [0.25, 0.3) is 10.9 Å². The van der Waals surface area contributed by atoms with E-state index in [4.69, 9.17) is 0 Å². The van der Waals surface area contributed by atoms with Gasteiger partial charge in [-0.05, 0) is 67.0 Å². The molecule has 0 bridgehead atoms. The molecule has 0 radical (unpaired) electrons. The van der Waals surface area contributed by atoms with Gasteiger partial charge in [0.2, 0.25) is 11.8 Å². The Morgan fingerprint density at radius 3 is 2.43 bits per heavy atom. The molecule has 4 heterocycles. The van der Waals surface area contributed by atoms with Crippen LogP contribution in [0.4, 0.5) is 8.78 Å². The molecule has 11 nitrogen and oxygen atoms in total. The minimum absolute atomic E-state index is 0.0119. The van der Waals surface area contributed by atoms with E-state index >= 15 is 0 Å². The van der Waals surface area contributed by atoms with E-state index in [0.29, 0.717) is 51.0 Å². The number of carbonyl (C=O) groups excluding carboxylic acids is 3. The minimum Gasteiger partial charge on any atom is -0.351 e. The Kier molecular flexibility index (Phi) is 10.4. The Balaban J connectivity index is 1.11. The first-order valence-electron chi connectivity index (χ1n) is 17.8. The standard InChI is InChI=1S/C39H42F2N5O6P/c40-39(41,53(50,51)52)31-12-13-32-30(22-31)23-33(42-32)36(47)43-34(21-26-14-18-44(19-15-26)24-27-7-2-1-3-8-27)37(48)46-17-6-11-35(46)38(49)45-20-16-28-9-4-5-10-29(28)25-45/h1-5,7-10,12-14,22-23,34-35,42H,6,11,15-21,24-25H2,(H,43,47)(H2,50,51,52). The van der Waals surface area contributed by atoms with Crippen molar-refractivity contribution in [1.82, 2.24) is 25.0 Å². The van der Waals surface area contributed by atoms with E-state index in [1.165, 1.54) is 23.3 Å². The second kappa shape index (κ2) is 15.0. The van der Waals surface area contributed by atoms with Crippen molar-refractivity contribution in [2.45, 2.75) is 62.9 Å². The molecule has 0 spiro atoms. The van der Waals surface area contributed by atoms with E-state index in [-0.39, 0.29) is 29.3 Å². The van der Waals surface area contributed by atoms with Gasteiger partial charge < -0.3 is 29.9 Å². The third-order valence-corrected chi connectivity index (χ3v) is 11.5. The third-order valence-electron chi connectivity index (χ3n) is 10.5. The molecule has 3 aromatic carbocycles. The Morgan fingerprint density at radius 1 is 0.943 bits per heavy atom. The zero-order valence-corrected chi connectivity index (χ0v) is 30.0. The lowest BCUT2D eigenvalue weighted by Gasteiger charge is -2.35. The van der Waals surface area contributed by atoms with Crippen LogP contribution >= 0.6 is 7.60 Å². The van der Waals surface area contributed by atoms with Gasteiger partial charge in [-0.1, -0.05) is 72.3 Å². The maximum atomic E-state index is 14.5. The molecule has 1 saturated heterocycles. The highest BCUT2D eigenvalue weighted by Gasteiger charge is 2.50. The summed E-state index contributed by atoms with van der Waals surface area (Å²) in [5.41, 5.74) is -0.507. The van der Waals surface area contributed by atoms with E-state index in [1.54, 1.807) is 4.90 Å². The summed E-state index contributed by atoms with van der Waals surface area (Å²) in [7, 11) is -5.80. The molecule has 2 atom stereocenters. The number of rotatable bonds is 10. The smallest absolute Gasteiger partial charge is 0.351 e. The highest BCUT2D eigenvalue weighted by Crippen LogP contribution is 2.59. The van der Waals surface area contributed by atoms with Crippen molar-refractivity contribution in [3.05, 3.63) is 118 Å². The van der Waals surface area contributed by atoms with E-state index in [0.717, 1.165) is 42.8 Å². The van der Waals surface area contributed by atoms with Gasteiger partial charge in [-0.2, -0.15) is 8.78 Å². The van der Waals surface area contributed by atoms with Crippen molar-refractivity contribution in [3.63, 3.8) is 0 Å². The molecule has 0 aliphatic carbocycles.